The summed E-state index contributed by atoms with van der Waals surface area (Å²) in [6, 6.07) is 3.49. The lowest BCUT2D eigenvalue weighted by Gasteiger charge is -2.17. The van der Waals surface area contributed by atoms with Gasteiger partial charge in [0, 0.05) is 11.0 Å². The summed E-state index contributed by atoms with van der Waals surface area (Å²) < 4.78 is 17.2. The number of benzene rings is 1. The van der Waals surface area contributed by atoms with Crippen LogP contribution in [-0.4, -0.2) is 48.7 Å². The first-order valence-electron chi connectivity index (χ1n) is 8.15. The molecule has 2 rings (SSSR count). The topological polar surface area (TPSA) is 87.8 Å². The van der Waals surface area contributed by atoms with Gasteiger partial charge >= 0.3 is 0 Å². The van der Waals surface area contributed by atoms with Crippen molar-refractivity contribution in [3.8, 4) is 17.2 Å². The van der Waals surface area contributed by atoms with Crippen LogP contribution in [0.2, 0.25) is 0 Å². The van der Waals surface area contributed by atoms with Crippen molar-refractivity contribution in [2.24, 2.45) is 5.10 Å². The third kappa shape index (κ3) is 4.41. The lowest BCUT2D eigenvalue weighted by Crippen LogP contribution is -2.32. The molecule has 0 aliphatic carbocycles. The van der Waals surface area contributed by atoms with Crippen molar-refractivity contribution in [3.63, 3.8) is 0 Å². The van der Waals surface area contributed by atoms with Gasteiger partial charge in [-0.25, -0.2) is 0 Å². The molecule has 27 heavy (non-hydrogen) atoms. The maximum Gasteiger partial charge on any atom is 0.297 e. The molecule has 0 bridgehead atoms. The first-order valence-corrected chi connectivity index (χ1v) is 9.37. The number of methoxy groups -OCH3 is 3. The van der Waals surface area contributed by atoms with Crippen LogP contribution in [0.25, 0.3) is 0 Å². The minimum Gasteiger partial charge on any atom is -0.493 e. The fourth-order valence-electron chi connectivity index (χ4n) is 2.37. The third-order valence-electron chi connectivity index (χ3n) is 3.71. The summed E-state index contributed by atoms with van der Waals surface area (Å²) in [5, 5.41) is 12.9. The minimum atomic E-state index is -0.440. The van der Waals surface area contributed by atoms with Crippen LogP contribution in [0.4, 0.5) is 0 Å². The van der Waals surface area contributed by atoms with Gasteiger partial charge in [0.2, 0.25) is 10.9 Å². The summed E-state index contributed by atoms with van der Waals surface area (Å²) in [6.07, 6.45) is 3.35. The van der Waals surface area contributed by atoms with Crippen LogP contribution in [-0.2, 0) is 5.41 Å². The van der Waals surface area contributed by atoms with Crippen molar-refractivity contribution in [1.29, 1.82) is 0 Å². The Morgan fingerprint density at radius 2 is 1.67 bits per heavy atom. The molecule has 0 unspecified atom stereocenters. The molecule has 0 saturated heterocycles. The number of hydrogen-bond acceptors (Lipinski definition) is 8. The van der Waals surface area contributed by atoms with Crippen molar-refractivity contribution in [1.82, 2.24) is 14.9 Å². The van der Waals surface area contributed by atoms with E-state index in [0.29, 0.717) is 33.7 Å². The number of rotatable bonds is 6. The number of hydrogen-bond donors (Lipinski definition) is 0. The summed E-state index contributed by atoms with van der Waals surface area (Å²) in [4.78, 5) is 12.8. The predicted octanol–water partition coefficient (Wildman–Crippen LogP) is 2.57. The molecule has 0 aliphatic heterocycles. The molecule has 0 radical (unpaired) electrons. The Morgan fingerprint density at radius 1 is 1.07 bits per heavy atom. The van der Waals surface area contributed by atoms with Crippen LogP contribution in [0, 0.1) is 0 Å². The highest BCUT2D eigenvalue weighted by atomic mass is 32.2. The van der Waals surface area contributed by atoms with E-state index in [9.17, 15) is 4.79 Å². The molecule has 0 atom stereocenters. The van der Waals surface area contributed by atoms with Gasteiger partial charge in [-0.2, -0.15) is 9.78 Å². The normalized spacial score (nSPS) is 11.7. The molecule has 1 aromatic heterocycles. The summed E-state index contributed by atoms with van der Waals surface area (Å²) >= 11 is 1.29. The molecule has 0 saturated carbocycles. The fraction of sp³-hybridized carbons (Fsp3) is 0.444. The third-order valence-corrected chi connectivity index (χ3v) is 4.33. The predicted molar refractivity (Wildman–Crippen MR) is 106 cm³/mol. The number of ether oxygens (including phenoxy) is 3. The van der Waals surface area contributed by atoms with Gasteiger partial charge in [0.15, 0.2) is 11.5 Å². The molecule has 1 aromatic carbocycles. The van der Waals surface area contributed by atoms with Gasteiger partial charge in [-0.05, 0) is 18.4 Å². The summed E-state index contributed by atoms with van der Waals surface area (Å²) in [5.74, 6) is 1.48. The van der Waals surface area contributed by atoms with Gasteiger partial charge in [-0.15, -0.1) is 10.2 Å². The molecule has 2 aromatic rings. The van der Waals surface area contributed by atoms with E-state index in [-0.39, 0.29) is 5.56 Å². The van der Waals surface area contributed by atoms with Crippen molar-refractivity contribution < 1.29 is 14.2 Å². The molecule has 9 heteroatoms. The van der Waals surface area contributed by atoms with Crippen molar-refractivity contribution in [3.05, 3.63) is 33.7 Å². The monoisotopic (exact) mass is 392 g/mol. The molecule has 0 spiro atoms. The second kappa shape index (κ2) is 8.43. The van der Waals surface area contributed by atoms with E-state index in [4.69, 9.17) is 14.2 Å². The van der Waals surface area contributed by atoms with Crippen molar-refractivity contribution in [2.75, 3.05) is 27.6 Å². The minimum absolute atomic E-state index is 0.300. The van der Waals surface area contributed by atoms with Gasteiger partial charge < -0.3 is 14.2 Å². The zero-order valence-electron chi connectivity index (χ0n) is 16.6. The van der Waals surface area contributed by atoms with Gasteiger partial charge in [-0.1, -0.05) is 32.5 Å². The zero-order valence-corrected chi connectivity index (χ0v) is 17.4. The molecular weight excluding hydrogens is 368 g/mol. The van der Waals surface area contributed by atoms with Gasteiger partial charge in [0.25, 0.3) is 5.56 Å². The van der Waals surface area contributed by atoms with E-state index < -0.39 is 5.41 Å². The lowest BCUT2D eigenvalue weighted by atomic mass is 9.93. The molecule has 0 fully saturated rings. The Bertz CT molecular complexity index is 878. The van der Waals surface area contributed by atoms with Gasteiger partial charge in [0.05, 0.1) is 27.5 Å². The SMILES string of the molecule is COc1cc(/C=N\n2c(SC)nnc(C(C)(C)C)c2=O)cc(OC)c1OC. The second-order valence-electron chi connectivity index (χ2n) is 6.61. The number of nitrogens with zero attached hydrogens (tertiary/aromatic N) is 4. The van der Waals surface area contributed by atoms with Crippen LogP contribution in [0.5, 0.6) is 17.2 Å². The highest BCUT2D eigenvalue weighted by molar-refractivity contribution is 7.98. The van der Waals surface area contributed by atoms with Crippen LogP contribution in [0.15, 0.2) is 27.2 Å². The fourth-order valence-corrected chi connectivity index (χ4v) is 2.79. The molecule has 0 N–H and O–H groups in total. The van der Waals surface area contributed by atoms with Crippen LogP contribution >= 0.6 is 11.8 Å². The molecule has 0 aliphatic rings. The van der Waals surface area contributed by atoms with E-state index in [1.807, 2.05) is 27.0 Å². The van der Waals surface area contributed by atoms with Crippen molar-refractivity contribution >= 4 is 18.0 Å². The Labute approximate surface area is 162 Å². The maximum atomic E-state index is 12.8. The largest absolute Gasteiger partial charge is 0.493 e. The van der Waals surface area contributed by atoms with E-state index in [2.05, 4.69) is 15.3 Å². The van der Waals surface area contributed by atoms with E-state index in [0.717, 1.165) is 0 Å². The van der Waals surface area contributed by atoms with Gasteiger partial charge in [-0.3, -0.25) is 4.79 Å². The number of aromatic nitrogens is 3. The smallest absolute Gasteiger partial charge is 0.297 e. The Kier molecular flexibility index (Phi) is 6.48. The maximum absolute atomic E-state index is 12.8. The highest BCUT2D eigenvalue weighted by Gasteiger charge is 2.23. The van der Waals surface area contributed by atoms with Gasteiger partial charge in [0.1, 0.15) is 5.69 Å². The average molecular weight is 392 g/mol. The molecule has 0 amide bonds. The van der Waals surface area contributed by atoms with Crippen LogP contribution < -0.4 is 19.8 Å². The average Bonchev–Trinajstić information content (AvgIpc) is 2.64. The molecule has 8 nitrogen and oxygen atoms in total. The van der Waals surface area contributed by atoms with Crippen LogP contribution in [0.1, 0.15) is 32.0 Å². The van der Waals surface area contributed by atoms with E-state index >= 15 is 0 Å². The summed E-state index contributed by atoms with van der Waals surface area (Å²) in [7, 11) is 4.61. The molecular formula is C18H24N4O4S. The molecule has 1 heterocycles. The Hall–Kier alpha value is -2.55. The first-order chi connectivity index (χ1) is 12.8. The quantitative estimate of drug-likeness (QED) is 0.551. The summed E-state index contributed by atoms with van der Waals surface area (Å²) in [5.41, 5.74) is 0.288. The summed E-state index contributed by atoms with van der Waals surface area (Å²) in [6.45, 7) is 5.72. The standard InChI is InChI=1S/C18H24N4O4S/c1-18(2,3)15-16(23)22(17(27-7)21-20-15)19-10-11-8-12(24-4)14(26-6)13(9-11)25-5/h8-10H,1-7H3/b19-10-. The molecule has 146 valence electrons. The Balaban J connectivity index is 2.57. The highest BCUT2D eigenvalue weighted by Crippen LogP contribution is 2.37. The Morgan fingerprint density at radius 3 is 2.11 bits per heavy atom. The first kappa shape index (κ1) is 20.8. The number of thioether (sulfide) groups is 1. The van der Waals surface area contributed by atoms with Crippen molar-refractivity contribution in [2.45, 2.75) is 31.3 Å². The van der Waals surface area contributed by atoms with E-state index in [1.54, 1.807) is 18.3 Å². The lowest BCUT2D eigenvalue weighted by molar-refractivity contribution is 0.324. The van der Waals surface area contributed by atoms with Crippen LogP contribution in [0.3, 0.4) is 0 Å². The van der Waals surface area contributed by atoms with E-state index in [1.165, 1.54) is 37.8 Å². The zero-order chi connectivity index (χ0) is 20.2. The second-order valence-corrected chi connectivity index (χ2v) is 7.38.